The zero-order chi connectivity index (χ0) is 18.5. The minimum atomic E-state index is -4.21. The second-order valence-electron chi connectivity index (χ2n) is 6.40. The molecule has 1 aliphatic heterocycles. The van der Waals surface area contributed by atoms with Gasteiger partial charge in [-0.15, -0.1) is 10.2 Å². The predicted molar refractivity (Wildman–Crippen MR) is 86.3 cm³/mol. The van der Waals surface area contributed by atoms with Crippen molar-refractivity contribution in [2.24, 2.45) is 13.0 Å². The molecule has 0 aliphatic carbocycles. The fourth-order valence-corrected chi connectivity index (χ4v) is 3.21. The van der Waals surface area contributed by atoms with Crippen LogP contribution in [0, 0.1) is 12.8 Å². The maximum Gasteiger partial charge on any atom is 0.393 e. The molecule has 3 aromatic rings. The maximum atomic E-state index is 13.0. The Labute approximate surface area is 146 Å². The minimum absolute atomic E-state index is 0.0521. The van der Waals surface area contributed by atoms with Gasteiger partial charge in [0.2, 0.25) is 0 Å². The molecule has 11 heteroatoms. The molecule has 0 radical (unpaired) electrons. The minimum Gasteiger partial charge on any atom is -0.362 e. The Morgan fingerprint density at radius 1 is 1.27 bits per heavy atom. The molecule has 4 rings (SSSR count). The van der Waals surface area contributed by atoms with Crippen LogP contribution in [0.5, 0.6) is 0 Å². The van der Waals surface area contributed by atoms with E-state index in [1.165, 1.54) is 0 Å². The van der Waals surface area contributed by atoms with Gasteiger partial charge in [0.1, 0.15) is 17.5 Å². The summed E-state index contributed by atoms with van der Waals surface area (Å²) in [5.41, 5.74) is 0.681. The lowest BCUT2D eigenvalue weighted by atomic mass is 9.99. The molecule has 138 valence electrons. The molecule has 0 saturated carbocycles. The van der Waals surface area contributed by atoms with E-state index in [-0.39, 0.29) is 25.9 Å². The molecule has 0 spiro atoms. The van der Waals surface area contributed by atoms with Crippen LogP contribution in [0.15, 0.2) is 6.20 Å². The van der Waals surface area contributed by atoms with Gasteiger partial charge >= 0.3 is 6.18 Å². The van der Waals surface area contributed by atoms with Crippen molar-refractivity contribution in [3.05, 3.63) is 23.7 Å². The summed E-state index contributed by atoms with van der Waals surface area (Å²) in [5.74, 6) is 0.830. The van der Waals surface area contributed by atoms with Crippen LogP contribution in [0.4, 0.5) is 19.0 Å². The van der Waals surface area contributed by atoms with E-state index in [1.54, 1.807) is 29.4 Å². The second kappa shape index (κ2) is 5.92. The third-order valence-corrected chi connectivity index (χ3v) is 4.60. The first kappa shape index (κ1) is 16.7. The van der Waals surface area contributed by atoms with Crippen LogP contribution in [0.3, 0.4) is 0 Å². The fraction of sp³-hybridized carbons (Fsp3) is 0.533. The van der Waals surface area contributed by atoms with Crippen molar-refractivity contribution in [2.75, 3.05) is 5.32 Å². The van der Waals surface area contributed by atoms with E-state index in [2.05, 4.69) is 30.6 Å². The molecule has 1 N–H and O–H groups in total. The number of anilines is 1. The number of rotatable bonds is 3. The highest BCUT2D eigenvalue weighted by Crippen LogP contribution is 2.34. The SMILES string of the molecule is Cc1nc(NCc2nnc3n2C[C@H](C(F)(F)F)CC3)c2cnn(C)c2n1. The zero-order valence-electron chi connectivity index (χ0n) is 14.2. The van der Waals surface area contributed by atoms with Crippen LogP contribution in [0.2, 0.25) is 0 Å². The number of nitrogens with one attached hydrogen (secondary N) is 1. The van der Waals surface area contributed by atoms with Crippen molar-refractivity contribution < 1.29 is 13.2 Å². The molecule has 1 aliphatic rings. The Morgan fingerprint density at radius 3 is 2.85 bits per heavy atom. The van der Waals surface area contributed by atoms with E-state index in [9.17, 15) is 13.2 Å². The van der Waals surface area contributed by atoms with Gasteiger partial charge in [-0.3, -0.25) is 4.68 Å². The largest absolute Gasteiger partial charge is 0.393 e. The molecular weight excluding hydrogens is 349 g/mol. The average Bonchev–Trinajstić information content (AvgIpc) is 3.15. The molecular formula is C15H17F3N8. The number of fused-ring (bicyclic) bond motifs is 2. The van der Waals surface area contributed by atoms with Gasteiger partial charge in [-0.25, -0.2) is 9.97 Å². The smallest absolute Gasteiger partial charge is 0.362 e. The van der Waals surface area contributed by atoms with Crippen LogP contribution in [-0.4, -0.2) is 40.7 Å². The molecule has 0 bridgehead atoms. The average molecular weight is 366 g/mol. The number of hydrogen-bond donors (Lipinski definition) is 1. The highest BCUT2D eigenvalue weighted by Gasteiger charge is 2.42. The van der Waals surface area contributed by atoms with Crippen LogP contribution < -0.4 is 5.32 Å². The van der Waals surface area contributed by atoms with Crippen LogP contribution in [0.25, 0.3) is 11.0 Å². The summed E-state index contributed by atoms with van der Waals surface area (Å²) >= 11 is 0. The van der Waals surface area contributed by atoms with Gasteiger partial charge in [-0.05, 0) is 13.3 Å². The number of aryl methyl sites for hydroxylation is 3. The summed E-state index contributed by atoms with van der Waals surface area (Å²) in [6, 6.07) is 0. The van der Waals surface area contributed by atoms with Crippen molar-refractivity contribution in [1.29, 1.82) is 0 Å². The van der Waals surface area contributed by atoms with E-state index in [0.29, 0.717) is 28.9 Å². The molecule has 0 unspecified atom stereocenters. The molecule has 0 saturated heterocycles. The molecule has 8 nitrogen and oxygen atoms in total. The molecule has 4 heterocycles. The van der Waals surface area contributed by atoms with Gasteiger partial charge in [-0.2, -0.15) is 18.3 Å². The number of aromatic nitrogens is 7. The van der Waals surface area contributed by atoms with Crippen molar-refractivity contribution in [3.8, 4) is 0 Å². The second-order valence-corrected chi connectivity index (χ2v) is 6.40. The Balaban J connectivity index is 1.58. The van der Waals surface area contributed by atoms with Gasteiger partial charge in [0.05, 0.1) is 24.0 Å². The predicted octanol–water partition coefficient (Wildman–Crippen LogP) is 2.00. The van der Waals surface area contributed by atoms with Gasteiger partial charge in [-0.1, -0.05) is 0 Å². The number of hydrogen-bond acceptors (Lipinski definition) is 6. The van der Waals surface area contributed by atoms with E-state index in [4.69, 9.17) is 0 Å². The zero-order valence-corrected chi connectivity index (χ0v) is 14.2. The summed E-state index contributed by atoms with van der Waals surface area (Å²) < 4.78 is 42.3. The highest BCUT2D eigenvalue weighted by atomic mass is 19.4. The Hall–Kier alpha value is -2.72. The summed E-state index contributed by atoms with van der Waals surface area (Å²) in [5, 5.41) is 16.1. The van der Waals surface area contributed by atoms with Gasteiger partial charge < -0.3 is 9.88 Å². The van der Waals surface area contributed by atoms with Crippen LogP contribution >= 0.6 is 0 Å². The molecule has 0 fully saturated rings. The van der Waals surface area contributed by atoms with E-state index in [0.717, 1.165) is 5.39 Å². The van der Waals surface area contributed by atoms with E-state index >= 15 is 0 Å². The lowest BCUT2D eigenvalue weighted by molar-refractivity contribution is -0.182. The van der Waals surface area contributed by atoms with Gasteiger partial charge in [0, 0.05) is 20.0 Å². The Bertz CT molecular complexity index is 958. The van der Waals surface area contributed by atoms with Gasteiger partial charge in [0.25, 0.3) is 0 Å². The first-order valence-electron chi connectivity index (χ1n) is 8.21. The molecule has 1 atom stereocenters. The first-order valence-corrected chi connectivity index (χ1v) is 8.21. The van der Waals surface area contributed by atoms with Gasteiger partial charge in [0.15, 0.2) is 11.5 Å². The molecule has 0 aromatic carbocycles. The van der Waals surface area contributed by atoms with Crippen LogP contribution in [-0.2, 0) is 26.6 Å². The van der Waals surface area contributed by atoms with E-state index < -0.39 is 12.1 Å². The third-order valence-electron chi connectivity index (χ3n) is 4.60. The van der Waals surface area contributed by atoms with Crippen molar-refractivity contribution >= 4 is 16.9 Å². The number of halogens is 3. The first-order chi connectivity index (χ1) is 12.3. The molecule has 26 heavy (non-hydrogen) atoms. The lowest BCUT2D eigenvalue weighted by Gasteiger charge is -2.26. The molecule has 0 amide bonds. The number of alkyl halides is 3. The maximum absolute atomic E-state index is 13.0. The van der Waals surface area contributed by atoms with Crippen molar-refractivity contribution in [3.63, 3.8) is 0 Å². The summed E-state index contributed by atoms with van der Waals surface area (Å²) in [4.78, 5) is 8.71. The van der Waals surface area contributed by atoms with E-state index in [1.807, 2.05) is 0 Å². The summed E-state index contributed by atoms with van der Waals surface area (Å²) in [6.45, 7) is 1.84. The topological polar surface area (TPSA) is 86.3 Å². The monoisotopic (exact) mass is 366 g/mol. The summed E-state index contributed by atoms with van der Waals surface area (Å²) in [7, 11) is 1.78. The van der Waals surface area contributed by atoms with Crippen molar-refractivity contribution in [2.45, 2.75) is 39.0 Å². The van der Waals surface area contributed by atoms with Crippen LogP contribution in [0.1, 0.15) is 23.9 Å². The van der Waals surface area contributed by atoms with Crippen molar-refractivity contribution in [1.82, 2.24) is 34.5 Å². The highest BCUT2D eigenvalue weighted by molar-refractivity contribution is 5.86. The quantitative estimate of drug-likeness (QED) is 0.763. The summed E-state index contributed by atoms with van der Waals surface area (Å²) in [6.07, 6.45) is -2.23. The fourth-order valence-electron chi connectivity index (χ4n) is 3.21. The number of nitrogens with zero attached hydrogens (tertiary/aromatic N) is 7. The standard InChI is InChI=1S/C15H17F3N8/c1-8-21-13(10-5-20-25(2)14(10)22-8)19-6-12-24-23-11-4-3-9(7-26(11)12)15(16,17)18/h5,9H,3-4,6-7H2,1-2H3,(H,19,21,22)/t9-/m1/s1. The Morgan fingerprint density at radius 2 is 2.08 bits per heavy atom. The lowest BCUT2D eigenvalue weighted by Crippen LogP contribution is -2.33. The third kappa shape index (κ3) is 2.86. The molecule has 3 aromatic heterocycles. The Kier molecular flexibility index (Phi) is 3.81. The normalized spacial score (nSPS) is 17.5.